The number of rotatable bonds is 4. The summed E-state index contributed by atoms with van der Waals surface area (Å²) in [6, 6.07) is 17.1. The van der Waals surface area contributed by atoms with E-state index in [1.807, 2.05) is 44.3 Å². The standard InChI is InChI=1S/C20H18N2O2/c1-14-8-9-17(20(23)24)11-19(14)21-12-16-10-15(2)22(13-16)18-6-4-3-5-7-18/h3-13H,1-2H3,(H,23,24). The van der Waals surface area contributed by atoms with Crippen LogP contribution in [0, 0.1) is 13.8 Å². The van der Waals surface area contributed by atoms with Crippen molar-refractivity contribution in [1.82, 2.24) is 4.57 Å². The van der Waals surface area contributed by atoms with Gasteiger partial charge in [0, 0.05) is 29.4 Å². The molecule has 3 rings (SSSR count). The van der Waals surface area contributed by atoms with Crippen LogP contribution in [0.15, 0.2) is 65.8 Å². The van der Waals surface area contributed by atoms with Crippen LogP contribution in [0.25, 0.3) is 5.69 Å². The first-order valence-corrected chi connectivity index (χ1v) is 7.67. The third kappa shape index (κ3) is 3.27. The lowest BCUT2D eigenvalue weighted by atomic mass is 10.1. The van der Waals surface area contributed by atoms with E-state index < -0.39 is 5.97 Å². The molecule has 0 aliphatic rings. The van der Waals surface area contributed by atoms with E-state index in [4.69, 9.17) is 5.11 Å². The molecule has 0 bridgehead atoms. The maximum Gasteiger partial charge on any atom is 0.335 e. The summed E-state index contributed by atoms with van der Waals surface area (Å²) in [5.74, 6) is -0.947. The molecule has 0 radical (unpaired) electrons. The largest absolute Gasteiger partial charge is 0.478 e. The Balaban J connectivity index is 1.91. The van der Waals surface area contributed by atoms with Crippen molar-refractivity contribution < 1.29 is 9.90 Å². The highest BCUT2D eigenvalue weighted by Crippen LogP contribution is 2.21. The van der Waals surface area contributed by atoms with Crippen molar-refractivity contribution in [3.63, 3.8) is 0 Å². The maximum atomic E-state index is 11.1. The summed E-state index contributed by atoms with van der Waals surface area (Å²) >= 11 is 0. The monoisotopic (exact) mass is 318 g/mol. The van der Waals surface area contributed by atoms with E-state index in [1.165, 1.54) is 0 Å². The number of hydrogen-bond acceptors (Lipinski definition) is 2. The Hall–Kier alpha value is -3.14. The molecule has 0 fully saturated rings. The molecule has 0 aliphatic carbocycles. The summed E-state index contributed by atoms with van der Waals surface area (Å²) in [5, 5.41) is 9.10. The molecule has 0 atom stereocenters. The SMILES string of the molecule is Cc1ccc(C(=O)O)cc1N=Cc1cc(C)n(-c2ccccc2)c1. The molecule has 0 amide bonds. The van der Waals surface area contributed by atoms with E-state index in [0.29, 0.717) is 5.69 Å². The Kier molecular flexibility index (Phi) is 4.29. The minimum Gasteiger partial charge on any atom is -0.478 e. The van der Waals surface area contributed by atoms with E-state index in [2.05, 4.69) is 21.7 Å². The number of aliphatic imine (C=N–C) groups is 1. The van der Waals surface area contributed by atoms with Gasteiger partial charge >= 0.3 is 5.97 Å². The summed E-state index contributed by atoms with van der Waals surface area (Å²) in [6.45, 7) is 3.96. The van der Waals surface area contributed by atoms with Gasteiger partial charge in [0.2, 0.25) is 0 Å². The van der Waals surface area contributed by atoms with E-state index in [-0.39, 0.29) is 5.56 Å². The van der Waals surface area contributed by atoms with Crippen molar-refractivity contribution in [2.75, 3.05) is 0 Å². The van der Waals surface area contributed by atoms with Crippen molar-refractivity contribution in [3.05, 3.63) is 83.2 Å². The van der Waals surface area contributed by atoms with Crippen molar-refractivity contribution in [1.29, 1.82) is 0 Å². The third-order valence-corrected chi connectivity index (χ3v) is 3.88. The summed E-state index contributed by atoms with van der Waals surface area (Å²) in [4.78, 5) is 15.6. The predicted molar refractivity (Wildman–Crippen MR) is 95.9 cm³/mol. The Morgan fingerprint density at radius 3 is 2.54 bits per heavy atom. The molecule has 24 heavy (non-hydrogen) atoms. The molecule has 0 aliphatic heterocycles. The van der Waals surface area contributed by atoms with Gasteiger partial charge in [0.25, 0.3) is 0 Å². The van der Waals surface area contributed by atoms with Gasteiger partial charge in [-0.3, -0.25) is 4.99 Å². The zero-order valence-electron chi connectivity index (χ0n) is 13.6. The van der Waals surface area contributed by atoms with Crippen LogP contribution in [0.2, 0.25) is 0 Å². The van der Waals surface area contributed by atoms with Gasteiger partial charge in [-0.05, 0) is 49.7 Å². The minimum absolute atomic E-state index is 0.241. The smallest absolute Gasteiger partial charge is 0.335 e. The molecule has 0 spiro atoms. The number of aryl methyl sites for hydroxylation is 2. The summed E-state index contributed by atoms with van der Waals surface area (Å²) in [5.41, 5.74) is 5.02. The van der Waals surface area contributed by atoms with Gasteiger partial charge in [0.05, 0.1) is 11.3 Å². The van der Waals surface area contributed by atoms with Crippen LogP contribution in [0.5, 0.6) is 0 Å². The van der Waals surface area contributed by atoms with Crippen LogP contribution < -0.4 is 0 Å². The van der Waals surface area contributed by atoms with Crippen molar-refractivity contribution in [3.8, 4) is 5.69 Å². The number of carboxylic acids is 1. The number of benzene rings is 2. The second kappa shape index (κ2) is 6.54. The van der Waals surface area contributed by atoms with Gasteiger partial charge in [-0.15, -0.1) is 0 Å². The topological polar surface area (TPSA) is 54.6 Å². The Morgan fingerprint density at radius 1 is 1.08 bits per heavy atom. The fraction of sp³-hybridized carbons (Fsp3) is 0.100. The number of aromatic carboxylic acids is 1. The van der Waals surface area contributed by atoms with E-state index >= 15 is 0 Å². The average Bonchev–Trinajstić information content (AvgIpc) is 2.95. The summed E-state index contributed by atoms with van der Waals surface area (Å²) in [7, 11) is 0. The van der Waals surface area contributed by atoms with E-state index in [1.54, 1.807) is 24.4 Å². The van der Waals surface area contributed by atoms with Crippen LogP contribution >= 0.6 is 0 Å². The molecule has 0 unspecified atom stereocenters. The Morgan fingerprint density at radius 2 is 1.83 bits per heavy atom. The van der Waals surface area contributed by atoms with Gasteiger partial charge in [-0.25, -0.2) is 4.79 Å². The third-order valence-electron chi connectivity index (χ3n) is 3.88. The van der Waals surface area contributed by atoms with Gasteiger partial charge in [0.1, 0.15) is 0 Å². The molecule has 1 N–H and O–H groups in total. The van der Waals surface area contributed by atoms with Crippen LogP contribution in [0.4, 0.5) is 5.69 Å². The molecule has 3 aromatic rings. The summed E-state index contributed by atoms with van der Waals surface area (Å²) in [6.07, 6.45) is 3.78. The predicted octanol–water partition coefficient (Wildman–Crippen LogP) is 4.54. The highest BCUT2D eigenvalue weighted by atomic mass is 16.4. The lowest BCUT2D eigenvalue weighted by Gasteiger charge is -2.04. The van der Waals surface area contributed by atoms with Crippen LogP contribution in [-0.4, -0.2) is 21.9 Å². The number of carboxylic acid groups (broad SMARTS) is 1. The maximum absolute atomic E-state index is 11.1. The highest BCUT2D eigenvalue weighted by molar-refractivity contribution is 5.90. The van der Waals surface area contributed by atoms with Crippen LogP contribution in [-0.2, 0) is 0 Å². The Bertz CT molecular complexity index is 909. The molecule has 0 saturated heterocycles. The number of hydrogen-bond donors (Lipinski definition) is 1. The van der Waals surface area contributed by atoms with Gasteiger partial charge in [-0.1, -0.05) is 24.3 Å². The number of aromatic nitrogens is 1. The van der Waals surface area contributed by atoms with Crippen molar-refractivity contribution in [2.24, 2.45) is 4.99 Å². The highest BCUT2D eigenvalue weighted by Gasteiger charge is 2.06. The number of nitrogens with zero attached hydrogens (tertiary/aromatic N) is 2. The molecule has 0 saturated carbocycles. The zero-order chi connectivity index (χ0) is 17.1. The van der Waals surface area contributed by atoms with Gasteiger partial charge in [0.15, 0.2) is 0 Å². The minimum atomic E-state index is -0.947. The quantitative estimate of drug-likeness (QED) is 0.718. The fourth-order valence-corrected chi connectivity index (χ4v) is 2.56. The van der Waals surface area contributed by atoms with Crippen LogP contribution in [0.3, 0.4) is 0 Å². The number of carbonyl (C=O) groups is 1. The first kappa shape index (κ1) is 15.7. The fourth-order valence-electron chi connectivity index (χ4n) is 2.56. The van der Waals surface area contributed by atoms with Crippen molar-refractivity contribution >= 4 is 17.9 Å². The first-order chi connectivity index (χ1) is 11.5. The lowest BCUT2D eigenvalue weighted by Crippen LogP contribution is -1.95. The van der Waals surface area contributed by atoms with Gasteiger partial charge < -0.3 is 9.67 Å². The molecule has 2 aromatic carbocycles. The normalized spacial score (nSPS) is 11.1. The molecular formula is C20H18N2O2. The second-order valence-electron chi connectivity index (χ2n) is 5.68. The molecule has 1 heterocycles. The molecule has 120 valence electrons. The first-order valence-electron chi connectivity index (χ1n) is 7.67. The molecule has 4 nitrogen and oxygen atoms in total. The lowest BCUT2D eigenvalue weighted by molar-refractivity contribution is 0.0697. The molecule has 1 aromatic heterocycles. The zero-order valence-corrected chi connectivity index (χ0v) is 13.6. The van der Waals surface area contributed by atoms with E-state index in [0.717, 1.165) is 22.5 Å². The molecule has 4 heteroatoms. The van der Waals surface area contributed by atoms with E-state index in [9.17, 15) is 4.79 Å². The van der Waals surface area contributed by atoms with Crippen molar-refractivity contribution in [2.45, 2.75) is 13.8 Å². The molecular weight excluding hydrogens is 300 g/mol. The Labute approximate surface area is 140 Å². The van der Waals surface area contributed by atoms with Crippen LogP contribution in [0.1, 0.15) is 27.2 Å². The summed E-state index contributed by atoms with van der Waals surface area (Å²) < 4.78 is 2.10. The number of para-hydroxylation sites is 1. The average molecular weight is 318 g/mol. The van der Waals surface area contributed by atoms with Gasteiger partial charge in [-0.2, -0.15) is 0 Å². The second-order valence-corrected chi connectivity index (χ2v) is 5.68.